The van der Waals surface area contributed by atoms with Crippen molar-refractivity contribution in [3.05, 3.63) is 181 Å². The zero-order valence-electron chi connectivity index (χ0n) is 34.3. The van der Waals surface area contributed by atoms with Gasteiger partial charge >= 0.3 is 0 Å². The molecule has 0 aliphatic carbocycles. The fourth-order valence-electron chi connectivity index (χ4n) is 10.7. The number of rotatable bonds is 4. The first-order valence-corrected chi connectivity index (χ1v) is 21.3. The van der Waals surface area contributed by atoms with Gasteiger partial charge in [-0.25, -0.2) is 0 Å². The molecule has 0 atom stereocenters. The summed E-state index contributed by atoms with van der Waals surface area (Å²) in [6.45, 7) is 11.8. The predicted octanol–water partition coefficient (Wildman–Crippen LogP) is 10.3. The van der Waals surface area contributed by atoms with Crippen LogP contribution in [0.2, 0.25) is 0 Å². The van der Waals surface area contributed by atoms with E-state index in [1.807, 2.05) is 0 Å². The molecule has 2 nitrogen and oxygen atoms in total. The fourth-order valence-corrected chi connectivity index (χ4v) is 10.7. The van der Waals surface area contributed by atoms with Crippen LogP contribution in [0.5, 0.6) is 0 Å². The minimum absolute atomic E-state index is 0.0176. The van der Waals surface area contributed by atoms with Gasteiger partial charge in [0.1, 0.15) is 0 Å². The molecule has 4 heteroatoms. The van der Waals surface area contributed by atoms with Crippen molar-refractivity contribution in [2.24, 2.45) is 0 Å². The summed E-state index contributed by atoms with van der Waals surface area (Å²) in [7, 11) is 0. The quantitative estimate of drug-likeness (QED) is 0.165. The van der Waals surface area contributed by atoms with Gasteiger partial charge in [-0.15, -0.1) is 0 Å². The Morgan fingerprint density at radius 2 is 0.881 bits per heavy atom. The van der Waals surface area contributed by atoms with Crippen molar-refractivity contribution in [3.8, 4) is 33.4 Å². The second-order valence-electron chi connectivity index (χ2n) is 18.3. The van der Waals surface area contributed by atoms with Gasteiger partial charge < -0.3 is 9.80 Å². The lowest BCUT2D eigenvalue weighted by atomic mass is 9.34. The van der Waals surface area contributed by atoms with Crippen molar-refractivity contribution >= 4 is 80.3 Å². The van der Waals surface area contributed by atoms with Crippen LogP contribution in [0.15, 0.2) is 170 Å². The van der Waals surface area contributed by atoms with Gasteiger partial charge in [0.2, 0.25) is 13.4 Å². The van der Waals surface area contributed by atoms with Crippen LogP contribution in [0.1, 0.15) is 51.7 Å². The lowest BCUT2D eigenvalue weighted by Crippen LogP contribution is -2.59. The molecule has 0 radical (unpaired) electrons. The van der Waals surface area contributed by atoms with Gasteiger partial charge in [0, 0.05) is 34.1 Å². The molecule has 0 bridgehead atoms. The Balaban J connectivity index is 1.18. The van der Waals surface area contributed by atoms with Crippen LogP contribution in [0.25, 0.3) is 33.4 Å². The van der Waals surface area contributed by atoms with Crippen LogP contribution in [-0.2, 0) is 5.41 Å². The molecule has 0 N–H and O–H groups in total. The fraction of sp³-hybridized carbons (Fsp3) is 0.127. The molecule has 4 aliphatic heterocycles. The summed E-state index contributed by atoms with van der Waals surface area (Å²) in [4.78, 5) is 5.16. The van der Waals surface area contributed by atoms with Crippen LogP contribution in [0.3, 0.4) is 0 Å². The Kier molecular flexibility index (Phi) is 7.31. The number of anilines is 6. The third-order valence-electron chi connectivity index (χ3n) is 13.6. The van der Waals surface area contributed by atoms with Crippen LogP contribution in [-0.4, -0.2) is 13.4 Å². The lowest BCUT2D eigenvalue weighted by molar-refractivity contribution is 0.591. The van der Waals surface area contributed by atoms with Gasteiger partial charge in [-0.3, -0.25) is 0 Å². The summed E-state index contributed by atoms with van der Waals surface area (Å²) >= 11 is 0. The van der Waals surface area contributed by atoms with E-state index in [0.717, 1.165) is 0 Å². The van der Waals surface area contributed by atoms with Crippen molar-refractivity contribution in [3.63, 3.8) is 0 Å². The molecule has 0 spiro atoms. The van der Waals surface area contributed by atoms with E-state index in [9.17, 15) is 0 Å². The molecule has 59 heavy (non-hydrogen) atoms. The molecule has 0 saturated carbocycles. The topological polar surface area (TPSA) is 6.48 Å². The summed E-state index contributed by atoms with van der Waals surface area (Å²) in [6.07, 6.45) is 0. The minimum atomic E-state index is -0.0176. The van der Waals surface area contributed by atoms with Gasteiger partial charge in [-0.1, -0.05) is 161 Å². The third kappa shape index (κ3) is 4.96. The van der Waals surface area contributed by atoms with Crippen molar-refractivity contribution in [2.45, 2.75) is 46.0 Å². The van der Waals surface area contributed by atoms with E-state index in [4.69, 9.17) is 0 Å². The molecule has 12 rings (SSSR count). The predicted molar refractivity (Wildman–Crippen MR) is 254 cm³/mol. The summed E-state index contributed by atoms with van der Waals surface area (Å²) in [6, 6.07) is 64.8. The highest BCUT2D eigenvalue weighted by Gasteiger charge is 2.47. The van der Waals surface area contributed by atoms with E-state index in [0.29, 0.717) is 5.92 Å². The van der Waals surface area contributed by atoms with Gasteiger partial charge in [0.15, 0.2) is 0 Å². The normalized spacial score (nSPS) is 13.9. The SMILES string of the molecule is CC(C)c1ccc(-c2cc3c4c(c2)N(c2ccccc2)c2cc5c(cc2B4c2ccccc2-3)N(c2ccccc2)c2cc(C(C)(C)C)cc3c2B5c2ccccc2-3)cc1. The number of fused-ring (bicyclic) bond motifs is 10. The van der Waals surface area contributed by atoms with Gasteiger partial charge in [-0.05, 0) is 132 Å². The van der Waals surface area contributed by atoms with E-state index in [2.05, 4.69) is 214 Å². The summed E-state index contributed by atoms with van der Waals surface area (Å²) in [5.74, 6) is 0.488. The molecule has 4 heterocycles. The second kappa shape index (κ2) is 12.5. The first-order chi connectivity index (χ1) is 28.7. The van der Waals surface area contributed by atoms with Gasteiger partial charge in [-0.2, -0.15) is 0 Å². The zero-order valence-corrected chi connectivity index (χ0v) is 34.3. The molecule has 280 valence electrons. The molecule has 4 aliphatic rings. The van der Waals surface area contributed by atoms with Gasteiger partial charge in [0.25, 0.3) is 0 Å². The maximum absolute atomic E-state index is 2.58. The average molecular weight is 755 g/mol. The zero-order chi connectivity index (χ0) is 39.7. The van der Waals surface area contributed by atoms with E-state index in [-0.39, 0.29) is 18.8 Å². The Labute approximate surface area is 349 Å². The maximum Gasteiger partial charge on any atom is 0.248 e. The Bertz CT molecular complexity index is 3020. The minimum Gasteiger partial charge on any atom is -0.312 e. The third-order valence-corrected chi connectivity index (χ3v) is 13.6. The summed E-state index contributed by atoms with van der Waals surface area (Å²) in [5, 5.41) is 0. The van der Waals surface area contributed by atoms with Crippen molar-refractivity contribution < 1.29 is 0 Å². The molecule has 0 aromatic heterocycles. The molecule has 0 fully saturated rings. The Hall–Kier alpha value is -6.51. The summed E-state index contributed by atoms with van der Waals surface area (Å²) < 4.78 is 0. The first-order valence-electron chi connectivity index (χ1n) is 21.3. The highest BCUT2D eigenvalue weighted by atomic mass is 15.2. The standard InChI is InChI=1S/C55H44B2N2/c1-34(2)35-24-26-36(27-25-35)37-28-43-41-20-12-14-22-45(41)56-47-33-50-48(32-49(47)58(51(29-37)53(43)56)39-16-8-6-9-17-39)57-46-23-15-13-21-42(46)44-30-38(55(3,4)5)31-52(54(44)57)59(50)40-18-10-7-11-19-40/h6-34H,1-5H3. The number of nitrogens with zero attached hydrogens (tertiary/aromatic N) is 2. The number of para-hydroxylation sites is 2. The molecule has 0 unspecified atom stereocenters. The highest BCUT2D eigenvalue weighted by molar-refractivity contribution is 7.03. The molecule has 8 aromatic rings. The number of hydrogen-bond donors (Lipinski definition) is 0. The van der Waals surface area contributed by atoms with Crippen molar-refractivity contribution in [2.75, 3.05) is 9.80 Å². The Morgan fingerprint density at radius 1 is 0.407 bits per heavy atom. The molecule has 8 aromatic carbocycles. The largest absolute Gasteiger partial charge is 0.312 e. The summed E-state index contributed by atoms with van der Waals surface area (Å²) in [5.41, 5.74) is 26.4. The van der Waals surface area contributed by atoms with Gasteiger partial charge in [0.05, 0.1) is 0 Å². The Morgan fingerprint density at radius 3 is 1.39 bits per heavy atom. The van der Waals surface area contributed by atoms with E-state index in [1.165, 1.54) is 111 Å². The smallest absolute Gasteiger partial charge is 0.248 e. The first kappa shape index (κ1) is 34.5. The molecule has 0 amide bonds. The van der Waals surface area contributed by atoms with Crippen LogP contribution in [0.4, 0.5) is 34.1 Å². The average Bonchev–Trinajstić information content (AvgIpc) is 3.78. The molecule has 0 saturated heterocycles. The maximum atomic E-state index is 2.58. The lowest BCUT2D eigenvalue weighted by Gasteiger charge is -2.41. The van der Waals surface area contributed by atoms with Crippen molar-refractivity contribution in [1.82, 2.24) is 0 Å². The van der Waals surface area contributed by atoms with Crippen LogP contribution >= 0.6 is 0 Å². The van der Waals surface area contributed by atoms with E-state index < -0.39 is 0 Å². The van der Waals surface area contributed by atoms with Crippen LogP contribution in [0, 0.1) is 0 Å². The van der Waals surface area contributed by atoms with Crippen molar-refractivity contribution in [1.29, 1.82) is 0 Å². The highest BCUT2D eigenvalue weighted by Crippen LogP contribution is 2.47. The second-order valence-corrected chi connectivity index (χ2v) is 18.3. The number of hydrogen-bond acceptors (Lipinski definition) is 2. The molecular formula is C55H44B2N2. The van der Waals surface area contributed by atoms with E-state index in [1.54, 1.807) is 0 Å². The van der Waals surface area contributed by atoms with E-state index >= 15 is 0 Å². The number of benzene rings is 8. The van der Waals surface area contributed by atoms with Crippen LogP contribution < -0.4 is 42.6 Å². The molecular weight excluding hydrogens is 710 g/mol. The monoisotopic (exact) mass is 754 g/mol.